The maximum atomic E-state index is 12.4. The summed E-state index contributed by atoms with van der Waals surface area (Å²) < 4.78 is 27.1. The van der Waals surface area contributed by atoms with E-state index in [4.69, 9.17) is 11.6 Å². The summed E-state index contributed by atoms with van der Waals surface area (Å²) in [5.41, 5.74) is 0. The second-order valence-electron chi connectivity index (χ2n) is 4.03. The summed E-state index contributed by atoms with van der Waals surface area (Å²) in [5.74, 6) is 0.0593. The van der Waals surface area contributed by atoms with Gasteiger partial charge < -0.3 is 0 Å². The fourth-order valence-electron chi connectivity index (χ4n) is 1.91. The second-order valence-corrected chi connectivity index (χ2v) is 6.09. The number of sulfonamides is 1. The highest BCUT2D eigenvalue weighted by Gasteiger charge is 2.19. The minimum atomic E-state index is -3.77. The largest absolute Gasteiger partial charge is 0.264 e. The van der Waals surface area contributed by atoms with E-state index in [1.807, 2.05) is 0 Å². The van der Waals surface area contributed by atoms with E-state index < -0.39 is 10.0 Å². The summed E-state index contributed by atoms with van der Waals surface area (Å²) in [6, 6.07) is 10.0. The highest BCUT2D eigenvalue weighted by atomic mass is 35.5. The second kappa shape index (κ2) is 4.77. The monoisotopic (exact) mass is 308 g/mol. The van der Waals surface area contributed by atoms with Gasteiger partial charge in [-0.25, -0.2) is 18.2 Å². The van der Waals surface area contributed by atoms with Gasteiger partial charge in [-0.1, -0.05) is 35.9 Å². The molecule has 0 spiro atoms. The van der Waals surface area contributed by atoms with Gasteiger partial charge in [0.2, 0.25) is 5.95 Å². The van der Waals surface area contributed by atoms with Crippen molar-refractivity contribution < 1.29 is 8.42 Å². The molecule has 20 heavy (non-hydrogen) atoms. The number of benzene rings is 2. The molecule has 0 atom stereocenters. The summed E-state index contributed by atoms with van der Waals surface area (Å²) in [6.45, 7) is 0. The summed E-state index contributed by atoms with van der Waals surface area (Å²) in [6.07, 6.45) is 1.22. The van der Waals surface area contributed by atoms with E-state index in [-0.39, 0.29) is 10.8 Å². The van der Waals surface area contributed by atoms with Crippen molar-refractivity contribution in [3.63, 3.8) is 0 Å². The van der Waals surface area contributed by atoms with Crippen LogP contribution in [0.3, 0.4) is 0 Å². The van der Waals surface area contributed by atoms with Crippen LogP contribution in [0.2, 0.25) is 5.02 Å². The van der Waals surface area contributed by atoms with Crippen LogP contribution < -0.4 is 4.72 Å². The molecule has 0 bridgehead atoms. The molecule has 0 aliphatic rings. The Balaban J connectivity index is 2.17. The Kier molecular flexibility index (Phi) is 3.07. The van der Waals surface area contributed by atoms with E-state index in [0.29, 0.717) is 15.8 Å². The predicted octanol–water partition coefficient (Wildman–Crippen LogP) is 2.41. The fourth-order valence-corrected chi connectivity index (χ4v) is 3.31. The molecule has 1 heterocycles. The molecular formula is C12H9ClN4O2S. The minimum absolute atomic E-state index is 0.0593. The first-order valence-electron chi connectivity index (χ1n) is 5.63. The first-order valence-corrected chi connectivity index (χ1v) is 7.49. The topological polar surface area (TPSA) is 87.7 Å². The molecule has 0 amide bonds. The summed E-state index contributed by atoms with van der Waals surface area (Å²) in [5, 5.41) is 7.76. The Hall–Kier alpha value is -2.12. The maximum absolute atomic E-state index is 12.4. The molecule has 0 saturated carbocycles. The molecule has 1 aromatic heterocycles. The molecule has 0 saturated heterocycles. The number of hydrogen-bond acceptors (Lipinski definition) is 4. The molecule has 102 valence electrons. The van der Waals surface area contributed by atoms with Crippen LogP contribution in [0.5, 0.6) is 0 Å². The molecule has 0 radical (unpaired) electrons. The number of hydrogen-bond donors (Lipinski definition) is 2. The maximum Gasteiger partial charge on any atom is 0.264 e. The lowest BCUT2D eigenvalue weighted by atomic mass is 10.1. The van der Waals surface area contributed by atoms with Crippen molar-refractivity contribution in [3.05, 3.63) is 47.7 Å². The number of aromatic amines is 1. The number of anilines is 1. The van der Waals surface area contributed by atoms with Crippen molar-refractivity contribution >= 4 is 38.3 Å². The number of halogens is 1. The lowest BCUT2D eigenvalue weighted by Gasteiger charge is -2.09. The number of aromatic nitrogens is 3. The number of H-pyrrole nitrogens is 1. The fraction of sp³-hybridized carbons (Fsp3) is 0. The average Bonchev–Trinajstić information content (AvgIpc) is 2.91. The SMILES string of the molecule is O=S(=O)(Nc1ncn[nH]1)c1ccc(Cl)c2ccccc12. The van der Waals surface area contributed by atoms with Crippen molar-refractivity contribution in [1.29, 1.82) is 0 Å². The Bertz CT molecular complexity index is 862. The van der Waals surface area contributed by atoms with Gasteiger partial charge in [-0.05, 0) is 12.1 Å². The number of nitrogens with zero attached hydrogens (tertiary/aromatic N) is 2. The van der Waals surface area contributed by atoms with E-state index >= 15 is 0 Å². The van der Waals surface area contributed by atoms with Gasteiger partial charge in [0.15, 0.2) is 0 Å². The quantitative estimate of drug-likeness (QED) is 0.777. The standard InChI is InChI=1S/C12H9ClN4O2S/c13-10-5-6-11(9-4-2-1-3-8(9)10)20(18,19)17-12-14-7-15-16-12/h1-7H,(H2,14,15,16,17). The van der Waals surface area contributed by atoms with Crippen LogP contribution in [-0.2, 0) is 10.0 Å². The zero-order chi connectivity index (χ0) is 14.2. The van der Waals surface area contributed by atoms with Crippen molar-refractivity contribution in [1.82, 2.24) is 15.2 Å². The molecule has 3 rings (SSSR count). The molecule has 8 heteroatoms. The summed E-state index contributed by atoms with van der Waals surface area (Å²) in [7, 11) is -3.77. The third kappa shape index (κ3) is 2.21. The van der Waals surface area contributed by atoms with Crippen LogP contribution >= 0.6 is 11.6 Å². The molecule has 2 aromatic carbocycles. The van der Waals surface area contributed by atoms with Gasteiger partial charge in [0.25, 0.3) is 10.0 Å². The minimum Gasteiger partial charge on any atom is -0.248 e. The smallest absolute Gasteiger partial charge is 0.248 e. The average molecular weight is 309 g/mol. The molecule has 0 unspecified atom stereocenters. The van der Waals surface area contributed by atoms with E-state index in [9.17, 15) is 8.42 Å². The molecule has 0 fully saturated rings. The molecule has 0 aliphatic heterocycles. The molecule has 6 nitrogen and oxygen atoms in total. The summed E-state index contributed by atoms with van der Waals surface area (Å²) in [4.78, 5) is 3.87. The molecule has 2 N–H and O–H groups in total. The van der Waals surface area contributed by atoms with Crippen molar-refractivity contribution in [2.75, 3.05) is 4.72 Å². The van der Waals surface area contributed by atoms with Gasteiger partial charge in [0, 0.05) is 15.8 Å². The Morgan fingerprint density at radius 2 is 1.85 bits per heavy atom. The van der Waals surface area contributed by atoms with Crippen molar-refractivity contribution in [3.8, 4) is 0 Å². The van der Waals surface area contributed by atoms with E-state index in [1.54, 1.807) is 30.3 Å². The van der Waals surface area contributed by atoms with Crippen LogP contribution in [0.4, 0.5) is 5.95 Å². The predicted molar refractivity (Wildman–Crippen MR) is 76.1 cm³/mol. The number of nitrogens with one attached hydrogen (secondary N) is 2. The lowest BCUT2D eigenvalue weighted by Crippen LogP contribution is -2.14. The van der Waals surface area contributed by atoms with Crippen molar-refractivity contribution in [2.24, 2.45) is 0 Å². The molecule has 3 aromatic rings. The van der Waals surface area contributed by atoms with E-state index in [2.05, 4.69) is 19.9 Å². The Labute approximate surface area is 119 Å². The van der Waals surface area contributed by atoms with Gasteiger partial charge >= 0.3 is 0 Å². The van der Waals surface area contributed by atoms with Crippen LogP contribution in [0.25, 0.3) is 10.8 Å². The van der Waals surface area contributed by atoms with Crippen LogP contribution in [0.15, 0.2) is 47.6 Å². The number of fused-ring (bicyclic) bond motifs is 1. The Morgan fingerprint density at radius 1 is 1.10 bits per heavy atom. The van der Waals surface area contributed by atoms with E-state index in [1.165, 1.54) is 12.4 Å². The zero-order valence-electron chi connectivity index (χ0n) is 10.0. The van der Waals surface area contributed by atoms with Gasteiger partial charge in [-0.3, -0.25) is 0 Å². The van der Waals surface area contributed by atoms with Gasteiger partial charge in [-0.2, -0.15) is 10.1 Å². The highest BCUT2D eigenvalue weighted by Crippen LogP contribution is 2.29. The molecular weight excluding hydrogens is 300 g/mol. The zero-order valence-corrected chi connectivity index (χ0v) is 11.6. The third-order valence-electron chi connectivity index (χ3n) is 2.77. The normalized spacial score (nSPS) is 11.7. The van der Waals surface area contributed by atoms with Gasteiger partial charge in [-0.15, -0.1) is 0 Å². The first kappa shape index (κ1) is 12.9. The van der Waals surface area contributed by atoms with Crippen LogP contribution in [0, 0.1) is 0 Å². The molecule has 0 aliphatic carbocycles. The van der Waals surface area contributed by atoms with Crippen molar-refractivity contribution in [2.45, 2.75) is 4.90 Å². The van der Waals surface area contributed by atoms with Gasteiger partial charge in [0.05, 0.1) is 4.90 Å². The van der Waals surface area contributed by atoms with E-state index in [0.717, 1.165) is 0 Å². The lowest BCUT2D eigenvalue weighted by molar-refractivity contribution is 0.601. The Morgan fingerprint density at radius 3 is 2.55 bits per heavy atom. The number of rotatable bonds is 3. The highest BCUT2D eigenvalue weighted by molar-refractivity contribution is 7.93. The van der Waals surface area contributed by atoms with Crippen LogP contribution in [-0.4, -0.2) is 23.6 Å². The van der Waals surface area contributed by atoms with Crippen LogP contribution in [0.1, 0.15) is 0 Å². The summed E-state index contributed by atoms with van der Waals surface area (Å²) >= 11 is 6.08. The van der Waals surface area contributed by atoms with Gasteiger partial charge in [0.1, 0.15) is 6.33 Å². The third-order valence-corrected chi connectivity index (χ3v) is 4.49. The first-order chi connectivity index (χ1) is 9.58.